The van der Waals surface area contributed by atoms with Gasteiger partial charge in [0, 0.05) is 17.8 Å². The molecule has 1 N–H and O–H groups in total. The van der Waals surface area contributed by atoms with Gasteiger partial charge in [0.05, 0.1) is 0 Å². The first kappa shape index (κ1) is 16.6. The van der Waals surface area contributed by atoms with Crippen LogP contribution in [-0.4, -0.2) is 24.1 Å². The maximum Gasteiger partial charge on any atom is 0.213 e. The number of hydrogen-bond donors (Lipinski definition) is 1. The first-order chi connectivity index (χ1) is 9.74. The minimum Gasteiger partial charge on any atom is -0.316 e. The Bertz CT molecular complexity index is 368. The summed E-state index contributed by atoms with van der Waals surface area (Å²) in [6, 6.07) is 10.00. The van der Waals surface area contributed by atoms with Crippen LogP contribution < -0.4 is 5.32 Å². The molecule has 0 aliphatic rings. The zero-order chi connectivity index (χ0) is 14.6. The predicted octanol–water partition coefficient (Wildman–Crippen LogP) is 3.43. The molecule has 4 nitrogen and oxygen atoms in total. The molecule has 0 heterocycles. The van der Waals surface area contributed by atoms with Gasteiger partial charge in [0.15, 0.2) is 0 Å². The van der Waals surface area contributed by atoms with Crippen molar-refractivity contribution in [2.75, 3.05) is 13.1 Å². The Kier molecular flexibility index (Phi) is 8.63. The zero-order valence-corrected chi connectivity index (χ0v) is 12.4. The highest BCUT2D eigenvalue weighted by Gasteiger charge is 2.18. The molecule has 0 amide bonds. The summed E-state index contributed by atoms with van der Waals surface area (Å²) in [5.74, 6) is 0. The fourth-order valence-electron chi connectivity index (χ4n) is 2.26. The molecule has 0 fully saturated rings. The van der Waals surface area contributed by atoms with E-state index < -0.39 is 0 Å². The van der Waals surface area contributed by atoms with Crippen LogP contribution in [0.15, 0.2) is 30.3 Å². The lowest BCUT2D eigenvalue weighted by Crippen LogP contribution is -2.23. The van der Waals surface area contributed by atoms with Gasteiger partial charge in [-0.15, -0.1) is 0 Å². The van der Waals surface area contributed by atoms with Crippen LogP contribution in [0.4, 0.5) is 0 Å². The highest BCUT2D eigenvalue weighted by atomic mass is 16.6. The number of benzene rings is 1. The lowest BCUT2D eigenvalue weighted by atomic mass is 10.1. The topological polar surface area (TPSA) is 55.2 Å². The van der Waals surface area contributed by atoms with Gasteiger partial charge in [-0.2, -0.15) is 0 Å². The molecule has 0 aliphatic carbocycles. The number of nitrogens with one attached hydrogen (secondary N) is 1. The third-order valence-electron chi connectivity index (χ3n) is 3.51. The third-order valence-corrected chi connectivity index (χ3v) is 3.51. The van der Waals surface area contributed by atoms with Crippen molar-refractivity contribution < 1.29 is 4.92 Å². The third kappa shape index (κ3) is 7.24. The molecule has 1 unspecified atom stereocenters. The standard InChI is InChI=1S/C16H26N2O2/c1-2-3-10-16(18(19)20)11-7-13-17-14-12-15-8-5-4-6-9-15/h4-6,8-9,16-17H,2-3,7,10-14H2,1H3. The van der Waals surface area contributed by atoms with Crippen LogP contribution in [0.25, 0.3) is 0 Å². The highest BCUT2D eigenvalue weighted by molar-refractivity contribution is 5.14. The lowest BCUT2D eigenvalue weighted by Gasteiger charge is -2.09. The van der Waals surface area contributed by atoms with E-state index in [-0.39, 0.29) is 11.0 Å². The normalized spacial score (nSPS) is 12.2. The molecule has 112 valence electrons. The van der Waals surface area contributed by atoms with Crippen LogP contribution in [0, 0.1) is 10.1 Å². The first-order valence-electron chi connectivity index (χ1n) is 7.62. The van der Waals surface area contributed by atoms with Crippen LogP contribution in [0.2, 0.25) is 0 Å². The summed E-state index contributed by atoms with van der Waals surface area (Å²) in [4.78, 5) is 10.8. The van der Waals surface area contributed by atoms with E-state index in [1.807, 2.05) is 18.2 Å². The Morgan fingerprint density at radius 1 is 1.15 bits per heavy atom. The number of nitro groups is 1. The second kappa shape index (κ2) is 10.4. The largest absolute Gasteiger partial charge is 0.316 e. The van der Waals surface area contributed by atoms with Crippen molar-refractivity contribution in [1.29, 1.82) is 0 Å². The van der Waals surface area contributed by atoms with Gasteiger partial charge < -0.3 is 5.32 Å². The smallest absolute Gasteiger partial charge is 0.213 e. The van der Waals surface area contributed by atoms with Crippen molar-refractivity contribution in [3.8, 4) is 0 Å². The van der Waals surface area contributed by atoms with Crippen molar-refractivity contribution in [2.45, 2.75) is 51.5 Å². The van der Waals surface area contributed by atoms with Crippen LogP contribution in [0.1, 0.15) is 44.6 Å². The van der Waals surface area contributed by atoms with Gasteiger partial charge in [0.1, 0.15) is 0 Å². The van der Waals surface area contributed by atoms with Crippen molar-refractivity contribution in [3.63, 3.8) is 0 Å². The molecule has 0 aromatic heterocycles. The van der Waals surface area contributed by atoms with Crippen LogP contribution in [-0.2, 0) is 6.42 Å². The van der Waals surface area contributed by atoms with E-state index in [0.717, 1.165) is 38.8 Å². The molecule has 4 heteroatoms. The van der Waals surface area contributed by atoms with Gasteiger partial charge in [0.2, 0.25) is 6.04 Å². The molecule has 20 heavy (non-hydrogen) atoms. The summed E-state index contributed by atoms with van der Waals surface area (Å²) >= 11 is 0. The van der Waals surface area contributed by atoms with E-state index in [9.17, 15) is 10.1 Å². The minimum atomic E-state index is -0.356. The van der Waals surface area contributed by atoms with Gasteiger partial charge in [-0.3, -0.25) is 10.1 Å². The van der Waals surface area contributed by atoms with E-state index in [1.54, 1.807) is 0 Å². The highest BCUT2D eigenvalue weighted by Crippen LogP contribution is 2.09. The Morgan fingerprint density at radius 3 is 2.50 bits per heavy atom. The maximum absolute atomic E-state index is 10.9. The summed E-state index contributed by atoms with van der Waals surface area (Å²) in [7, 11) is 0. The maximum atomic E-state index is 10.9. The zero-order valence-electron chi connectivity index (χ0n) is 12.4. The molecular weight excluding hydrogens is 252 g/mol. The second-order valence-corrected chi connectivity index (χ2v) is 5.21. The van der Waals surface area contributed by atoms with E-state index >= 15 is 0 Å². The van der Waals surface area contributed by atoms with Crippen LogP contribution in [0.5, 0.6) is 0 Å². The van der Waals surface area contributed by atoms with E-state index in [4.69, 9.17) is 0 Å². The Labute approximate surface area is 121 Å². The number of hydrogen-bond acceptors (Lipinski definition) is 3. The van der Waals surface area contributed by atoms with Gasteiger partial charge in [-0.1, -0.05) is 43.7 Å². The average Bonchev–Trinajstić information content (AvgIpc) is 2.46. The molecule has 1 atom stereocenters. The summed E-state index contributed by atoms with van der Waals surface area (Å²) in [5, 5.41) is 14.3. The monoisotopic (exact) mass is 278 g/mol. The summed E-state index contributed by atoms with van der Waals surface area (Å²) in [5.41, 5.74) is 1.33. The number of rotatable bonds is 11. The summed E-state index contributed by atoms with van der Waals surface area (Å²) in [6.07, 6.45) is 5.27. The SMILES string of the molecule is CCCCC(CCCNCCc1ccccc1)[N+](=O)[O-]. The van der Waals surface area contributed by atoms with Gasteiger partial charge in [-0.25, -0.2) is 0 Å². The first-order valence-corrected chi connectivity index (χ1v) is 7.62. The molecule has 0 aliphatic heterocycles. The number of nitrogens with zero attached hydrogens (tertiary/aromatic N) is 1. The molecule has 0 spiro atoms. The van der Waals surface area contributed by atoms with E-state index in [2.05, 4.69) is 24.4 Å². The Balaban J connectivity index is 2.07. The molecule has 1 rings (SSSR count). The molecule has 0 radical (unpaired) electrons. The lowest BCUT2D eigenvalue weighted by molar-refractivity contribution is -0.524. The van der Waals surface area contributed by atoms with Crippen LogP contribution >= 0.6 is 0 Å². The van der Waals surface area contributed by atoms with Crippen LogP contribution in [0.3, 0.4) is 0 Å². The Hall–Kier alpha value is -1.42. The van der Waals surface area contributed by atoms with Crippen molar-refractivity contribution >= 4 is 0 Å². The fraction of sp³-hybridized carbons (Fsp3) is 0.625. The molecule has 0 saturated heterocycles. The molecular formula is C16H26N2O2. The van der Waals surface area contributed by atoms with Gasteiger partial charge >= 0.3 is 0 Å². The average molecular weight is 278 g/mol. The Morgan fingerprint density at radius 2 is 1.85 bits per heavy atom. The molecule has 0 saturated carbocycles. The van der Waals surface area contributed by atoms with E-state index in [1.165, 1.54) is 5.56 Å². The molecule has 0 bridgehead atoms. The van der Waals surface area contributed by atoms with E-state index in [0.29, 0.717) is 12.8 Å². The fourth-order valence-corrected chi connectivity index (χ4v) is 2.26. The molecule has 1 aromatic carbocycles. The van der Waals surface area contributed by atoms with Gasteiger partial charge in [-0.05, 0) is 37.9 Å². The number of unbranched alkanes of at least 4 members (excludes halogenated alkanes) is 1. The summed E-state index contributed by atoms with van der Waals surface area (Å²) in [6.45, 7) is 3.87. The minimum absolute atomic E-state index is 0.111. The van der Waals surface area contributed by atoms with Crippen molar-refractivity contribution in [3.05, 3.63) is 46.0 Å². The van der Waals surface area contributed by atoms with Gasteiger partial charge in [0.25, 0.3) is 0 Å². The van der Waals surface area contributed by atoms with Crippen molar-refractivity contribution in [1.82, 2.24) is 5.32 Å². The molecule has 1 aromatic rings. The predicted molar refractivity (Wildman–Crippen MR) is 82.6 cm³/mol. The van der Waals surface area contributed by atoms with Crippen molar-refractivity contribution in [2.24, 2.45) is 0 Å². The quantitative estimate of drug-likeness (QED) is 0.383. The second-order valence-electron chi connectivity index (χ2n) is 5.21. The summed E-state index contributed by atoms with van der Waals surface area (Å²) < 4.78 is 0.